The summed E-state index contributed by atoms with van der Waals surface area (Å²) in [7, 11) is 4.73. The van der Waals surface area contributed by atoms with Gasteiger partial charge in [-0.3, -0.25) is 9.48 Å². The van der Waals surface area contributed by atoms with Gasteiger partial charge in [0.25, 0.3) is 5.91 Å². The van der Waals surface area contributed by atoms with E-state index in [1.807, 2.05) is 0 Å². The predicted molar refractivity (Wildman–Crippen MR) is 91.1 cm³/mol. The van der Waals surface area contributed by atoms with Gasteiger partial charge in [0.15, 0.2) is 16.6 Å². The zero-order chi connectivity index (χ0) is 17.0. The Morgan fingerprint density at radius 1 is 1.26 bits per heavy atom. The van der Waals surface area contributed by atoms with E-state index in [-0.39, 0.29) is 10.8 Å². The smallest absolute Gasteiger partial charge is 0.269 e. The van der Waals surface area contributed by atoms with Gasteiger partial charge >= 0.3 is 0 Å². The Hall–Kier alpha value is -2.81. The summed E-state index contributed by atoms with van der Waals surface area (Å²) >= 11 is 5.23. The summed E-state index contributed by atoms with van der Waals surface area (Å²) in [5.41, 5.74) is 6.69. The van der Waals surface area contributed by atoms with Gasteiger partial charge in [-0.1, -0.05) is 0 Å². The minimum absolute atomic E-state index is 0.237. The number of anilines is 2. The van der Waals surface area contributed by atoms with Gasteiger partial charge in [-0.25, -0.2) is 0 Å². The van der Waals surface area contributed by atoms with Crippen molar-refractivity contribution in [2.75, 3.05) is 24.9 Å². The highest BCUT2D eigenvalue weighted by Crippen LogP contribution is 2.29. The quantitative estimate of drug-likeness (QED) is 0.709. The van der Waals surface area contributed by atoms with Gasteiger partial charge in [0.1, 0.15) is 5.69 Å². The molecule has 23 heavy (non-hydrogen) atoms. The largest absolute Gasteiger partial charge is 0.493 e. The molecule has 8 nitrogen and oxygen atoms in total. The molecule has 1 amide bonds. The van der Waals surface area contributed by atoms with Crippen LogP contribution in [0, 0.1) is 0 Å². The highest BCUT2D eigenvalue weighted by molar-refractivity contribution is 7.80. The van der Waals surface area contributed by atoms with Crippen LogP contribution in [0.25, 0.3) is 0 Å². The van der Waals surface area contributed by atoms with Gasteiger partial charge in [0.05, 0.1) is 26.1 Å². The first-order valence-corrected chi connectivity index (χ1v) is 6.99. The van der Waals surface area contributed by atoms with Crippen molar-refractivity contribution in [3.63, 3.8) is 0 Å². The van der Waals surface area contributed by atoms with Crippen molar-refractivity contribution in [1.29, 1.82) is 0 Å². The fourth-order valence-electron chi connectivity index (χ4n) is 2.02. The second-order valence-corrected chi connectivity index (χ2v) is 4.95. The van der Waals surface area contributed by atoms with Gasteiger partial charge < -0.3 is 25.8 Å². The van der Waals surface area contributed by atoms with E-state index in [4.69, 9.17) is 27.4 Å². The van der Waals surface area contributed by atoms with Crippen LogP contribution in [0.2, 0.25) is 0 Å². The minimum atomic E-state index is -0.596. The number of rotatable bonds is 5. The summed E-state index contributed by atoms with van der Waals surface area (Å²) in [6.07, 6.45) is 1.47. The molecule has 2 aromatic rings. The number of nitrogens with two attached hydrogens (primary N) is 1. The standard InChI is InChI=1S/C14H17N5O3S/c1-19-12(13(15)20)9(7-16-19)18-14(23)17-8-4-5-10(21-2)11(6-8)22-3/h4-7H,1-3H3,(H2,15,20)(H2,17,18,23). The number of methoxy groups -OCH3 is 2. The number of benzene rings is 1. The lowest BCUT2D eigenvalue weighted by molar-refractivity contribution is 0.0992. The monoisotopic (exact) mass is 335 g/mol. The predicted octanol–water partition coefficient (Wildman–Crippen LogP) is 1.35. The van der Waals surface area contributed by atoms with Crippen molar-refractivity contribution in [3.05, 3.63) is 30.1 Å². The molecule has 0 atom stereocenters. The van der Waals surface area contributed by atoms with Gasteiger partial charge in [-0.05, 0) is 24.4 Å². The molecule has 0 radical (unpaired) electrons. The summed E-state index contributed by atoms with van der Waals surface area (Å²) in [5, 5.41) is 10.1. The number of hydrogen-bond donors (Lipinski definition) is 3. The summed E-state index contributed by atoms with van der Waals surface area (Å²) in [6.45, 7) is 0. The van der Waals surface area contributed by atoms with Crippen LogP contribution < -0.4 is 25.8 Å². The lowest BCUT2D eigenvalue weighted by Gasteiger charge is -2.13. The molecule has 1 heterocycles. The lowest BCUT2D eigenvalue weighted by atomic mass is 10.3. The highest BCUT2D eigenvalue weighted by atomic mass is 32.1. The second kappa shape index (κ2) is 6.97. The summed E-state index contributed by atoms with van der Waals surface area (Å²) in [4.78, 5) is 11.4. The van der Waals surface area contributed by atoms with Crippen LogP contribution in [0.1, 0.15) is 10.5 Å². The van der Waals surface area contributed by atoms with Crippen LogP contribution in [-0.2, 0) is 7.05 Å². The maximum absolute atomic E-state index is 11.4. The van der Waals surface area contributed by atoms with Gasteiger partial charge in [0.2, 0.25) is 0 Å². The molecule has 122 valence electrons. The number of nitrogens with one attached hydrogen (secondary N) is 2. The number of carbonyl (C=O) groups is 1. The van der Waals surface area contributed by atoms with Crippen LogP contribution >= 0.6 is 12.2 Å². The third kappa shape index (κ3) is 3.69. The molecule has 0 fully saturated rings. The number of primary amides is 1. The van der Waals surface area contributed by atoms with Crippen molar-refractivity contribution in [2.24, 2.45) is 12.8 Å². The molecule has 0 saturated carbocycles. The van der Waals surface area contributed by atoms with Crippen LogP contribution in [-0.4, -0.2) is 35.0 Å². The topological polar surface area (TPSA) is 103 Å². The number of amides is 1. The lowest BCUT2D eigenvalue weighted by Crippen LogP contribution is -2.23. The molecular formula is C14H17N5O3S. The number of hydrogen-bond acceptors (Lipinski definition) is 5. The molecule has 1 aromatic carbocycles. The van der Waals surface area contributed by atoms with Crippen molar-refractivity contribution >= 4 is 34.6 Å². The zero-order valence-corrected chi connectivity index (χ0v) is 13.7. The third-order valence-corrected chi connectivity index (χ3v) is 3.27. The van der Waals surface area contributed by atoms with E-state index in [1.54, 1.807) is 39.5 Å². The second-order valence-electron chi connectivity index (χ2n) is 4.54. The van der Waals surface area contributed by atoms with Crippen LogP contribution in [0.4, 0.5) is 11.4 Å². The van der Waals surface area contributed by atoms with E-state index in [0.717, 1.165) is 0 Å². The summed E-state index contributed by atoms with van der Waals surface area (Å²) in [6, 6.07) is 5.28. The molecule has 4 N–H and O–H groups in total. The van der Waals surface area contributed by atoms with Crippen molar-refractivity contribution in [1.82, 2.24) is 9.78 Å². The SMILES string of the molecule is COc1ccc(NC(=S)Nc2cnn(C)c2C(N)=O)cc1OC. The highest BCUT2D eigenvalue weighted by Gasteiger charge is 2.15. The number of thiocarbonyl (C=S) groups is 1. The van der Waals surface area contributed by atoms with E-state index >= 15 is 0 Å². The van der Waals surface area contributed by atoms with Crippen molar-refractivity contribution in [3.8, 4) is 11.5 Å². The number of carbonyl (C=O) groups excluding carboxylic acids is 1. The number of aromatic nitrogens is 2. The number of aryl methyl sites for hydroxylation is 1. The van der Waals surface area contributed by atoms with E-state index in [1.165, 1.54) is 10.9 Å². The van der Waals surface area contributed by atoms with Crippen LogP contribution in [0.3, 0.4) is 0 Å². The maximum Gasteiger partial charge on any atom is 0.269 e. The molecule has 0 unspecified atom stereocenters. The van der Waals surface area contributed by atoms with Gasteiger partial charge in [-0.15, -0.1) is 0 Å². The Kier molecular flexibility index (Phi) is 5.02. The van der Waals surface area contributed by atoms with Crippen LogP contribution in [0.15, 0.2) is 24.4 Å². The fraction of sp³-hybridized carbons (Fsp3) is 0.214. The third-order valence-electron chi connectivity index (χ3n) is 3.06. The van der Waals surface area contributed by atoms with E-state index in [2.05, 4.69) is 15.7 Å². The number of ether oxygens (including phenoxy) is 2. The molecule has 0 aliphatic rings. The Bertz CT molecular complexity index is 744. The van der Waals surface area contributed by atoms with Gasteiger partial charge in [-0.2, -0.15) is 5.10 Å². The first kappa shape index (κ1) is 16.6. The van der Waals surface area contributed by atoms with Crippen molar-refractivity contribution < 1.29 is 14.3 Å². The molecule has 0 spiro atoms. The Labute approximate surface area is 138 Å². The minimum Gasteiger partial charge on any atom is -0.493 e. The average molecular weight is 335 g/mol. The maximum atomic E-state index is 11.4. The Morgan fingerprint density at radius 2 is 1.96 bits per heavy atom. The molecule has 0 aliphatic heterocycles. The molecule has 0 saturated heterocycles. The molecule has 1 aromatic heterocycles. The molecule has 9 heteroatoms. The Balaban J connectivity index is 2.13. The van der Waals surface area contributed by atoms with Crippen LogP contribution in [0.5, 0.6) is 11.5 Å². The summed E-state index contributed by atoms with van der Waals surface area (Å²) < 4.78 is 11.8. The van der Waals surface area contributed by atoms with Gasteiger partial charge in [0, 0.05) is 18.8 Å². The van der Waals surface area contributed by atoms with Crippen molar-refractivity contribution in [2.45, 2.75) is 0 Å². The number of nitrogens with zero attached hydrogens (tertiary/aromatic N) is 2. The Morgan fingerprint density at radius 3 is 2.57 bits per heavy atom. The fourth-order valence-corrected chi connectivity index (χ4v) is 2.25. The van der Waals surface area contributed by atoms with E-state index < -0.39 is 5.91 Å². The zero-order valence-electron chi connectivity index (χ0n) is 12.9. The molecule has 0 bridgehead atoms. The van der Waals surface area contributed by atoms with E-state index in [9.17, 15) is 4.79 Å². The molecular weight excluding hydrogens is 318 g/mol. The van der Waals surface area contributed by atoms with E-state index in [0.29, 0.717) is 22.9 Å². The first-order valence-electron chi connectivity index (χ1n) is 6.58. The molecule has 2 rings (SSSR count). The summed E-state index contributed by atoms with van der Waals surface area (Å²) in [5.74, 6) is 0.584. The first-order chi connectivity index (χ1) is 11.0. The normalized spacial score (nSPS) is 10.0. The molecule has 0 aliphatic carbocycles. The average Bonchev–Trinajstić information content (AvgIpc) is 2.87.